The molecule has 4 rings (SSSR count). The van der Waals surface area contributed by atoms with E-state index in [1.54, 1.807) is 24.5 Å². The van der Waals surface area contributed by atoms with Gasteiger partial charge < -0.3 is 14.5 Å². The Morgan fingerprint density at radius 2 is 2.00 bits per heavy atom. The van der Waals surface area contributed by atoms with E-state index in [1.807, 2.05) is 18.2 Å². The first-order valence-corrected chi connectivity index (χ1v) is 10.6. The van der Waals surface area contributed by atoms with Gasteiger partial charge in [-0.25, -0.2) is 4.98 Å². The monoisotopic (exact) mass is 408 g/mol. The zero-order valence-electron chi connectivity index (χ0n) is 17.3. The van der Waals surface area contributed by atoms with Gasteiger partial charge in [0.25, 0.3) is 5.91 Å². The van der Waals surface area contributed by atoms with Crippen LogP contribution in [-0.2, 0) is 11.2 Å². The summed E-state index contributed by atoms with van der Waals surface area (Å²) in [5, 5.41) is 3.10. The standard InChI is InChI=1S/C23H28N4O3/c1-2-3-4-22-26-19-15-18(5-6-21(19)30-22)23(28)25-16-20(17-7-9-24-10-8-17)27-11-13-29-14-12-27/h5-10,15,20H,2-4,11-14,16H2,1H3,(H,25,28). The molecule has 1 N–H and O–H groups in total. The third-order valence-corrected chi connectivity index (χ3v) is 5.47. The molecule has 1 saturated heterocycles. The number of hydrogen-bond donors (Lipinski definition) is 1. The maximum Gasteiger partial charge on any atom is 0.251 e. The van der Waals surface area contributed by atoms with Gasteiger partial charge in [0.2, 0.25) is 0 Å². The van der Waals surface area contributed by atoms with Crippen LogP contribution in [-0.4, -0.2) is 53.6 Å². The first-order valence-electron chi connectivity index (χ1n) is 10.6. The molecule has 2 aromatic heterocycles. The van der Waals surface area contributed by atoms with Gasteiger partial charge in [-0.3, -0.25) is 14.7 Å². The summed E-state index contributed by atoms with van der Waals surface area (Å²) in [4.78, 5) is 23.9. The van der Waals surface area contributed by atoms with Crippen molar-refractivity contribution in [3.05, 3.63) is 59.7 Å². The summed E-state index contributed by atoms with van der Waals surface area (Å²) < 4.78 is 11.3. The van der Waals surface area contributed by atoms with Gasteiger partial charge in [-0.15, -0.1) is 0 Å². The van der Waals surface area contributed by atoms with Crippen LogP contribution in [0, 0.1) is 0 Å². The number of carbonyl (C=O) groups excluding carboxylic acids is 1. The fourth-order valence-corrected chi connectivity index (χ4v) is 3.78. The maximum absolute atomic E-state index is 12.9. The highest BCUT2D eigenvalue weighted by Gasteiger charge is 2.23. The number of unbranched alkanes of at least 4 members (excludes halogenated alkanes) is 1. The van der Waals surface area contributed by atoms with E-state index in [-0.39, 0.29) is 11.9 Å². The number of nitrogens with one attached hydrogen (secondary N) is 1. The molecule has 7 heteroatoms. The highest BCUT2D eigenvalue weighted by molar-refractivity contribution is 5.97. The zero-order chi connectivity index (χ0) is 20.8. The van der Waals surface area contributed by atoms with Crippen molar-refractivity contribution < 1.29 is 13.9 Å². The number of rotatable bonds is 8. The lowest BCUT2D eigenvalue weighted by atomic mass is 10.1. The minimum absolute atomic E-state index is 0.0808. The lowest BCUT2D eigenvalue weighted by molar-refractivity contribution is 0.0162. The van der Waals surface area contributed by atoms with Crippen LogP contribution < -0.4 is 5.32 Å². The van der Waals surface area contributed by atoms with Crippen molar-refractivity contribution in [1.29, 1.82) is 0 Å². The normalized spacial score (nSPS) is 15.9. The molecule has 0 aliphatic carbocycles. The molecule has 1 aliphatic rings. The predicted octanol–water partition coefficient (Wildman–Crippen LogP) is 3.37. The van der Waals surface area contributed by atoms with Crippen LogP contribution in [0.4, 0.5) is 0 Å². The number of pyridine rings is 1. The van der Waals surface area contributed by atoms with Crippen molar-refractivity contribution in [2.24, 2.45) is 0 Å². The topological polar surface area (TPSA) is 80.5 Å². The van der Waals surface area contributed by atoms with Crippen molar-refractivity contribution >= 4 is 17.0 Å². The van der Waals surface area contributed by atoms with Crippen molar-refractivity contribution in [2.75, 3.05) is 32.8 Å². The second-order valence-corrected chi connectivity index (χ2v) is 7.55. The minimum Gasteiger partial charge on any atom is -0.441 e. The van der Waals surface area contributed by atoms with E-state index in [2.05, 4.69) is 27.1 Å². The van der Waals surface area contributed by atoms with Gasteiger partial charge in [0.05, 0.1) is 19.3 Å². The molecule has 0 saturated carbocycles. The number of aryl methyl sites for hydroxylation is 1. The Kier molecular flexibility index (Phi) is 6.71. The summed E-state index contributed by atoms with van der Waals surface area (Å²) in [6.07, 6.45) is 6.53. The molecule has 1 fully saturated rings. The average Bonchev–Trinajstić information content (AvgIpc) is 3.21. The Labute approximate surface area is 176 Å². The van der Waals surface area contributed by atoms with Gasteiger partial charge in [-0.1, -0.05) is 13.3 Å². The summed E-state index contributed by atoms with van der Waals surface area (Å²) in [6, 6.07) is 9.52. The Morgan fingerprint density at radius 3 is 2.77 bits per heavy atom. The van der Waals surface area contributed by atoms with Crippen LogP contribution in [0.5, 0.6) is 0 Å². The first-order chi connectivity index (χ1) is 14.7. The van der Waals surface area contributed by atoms with Crippen molar-refractivity contribution in [2.45, 2.75) is 32.2 Å². The van der Waals surface area contributed by atoms with E-state index in [1.165, 1.54) is 0 Å². The molecule has 30 heavy (non-hydrogen) atoms. The number of morpholine rings is 1. The molecule has 7 nitrogen and oxygen atoms in total. The number of carbonyl (C=O) groups is 1. The summed E-state index contributed by atoms with van der Waals surface area (Å²) in [6.45, 7) is 5.75. The highest BCUT2D eigenvalue weighted by Crippen LogP contribution is 2.22. The molecule has 1 unspecified atom stereocenters. The molecule has 1 aromatic carbocycles. The predicted molar refractivity (Wildman–Crippen MR) is 114 cm³/mol. The lowest BCUT2D eigenvalue weighted by Gasteiger charge is -2.34. The zero-order valence-corrected chi connectivity index (χ0v) is 17.3. The van der Waals surface area contributed by atoms with Gasteiger partial charge >= 0.3 is 0 Å². The Hall–Kier alpha value is -2.77. The number of fused-ring (bicyclic) bond motifs is 1. The van der Waals surface area contributed by atoms with Crippen molar-refractivity contribution in [1.82, 2.24) is 20.2 Å². The van der Waals surface area contributed by atoms with Crippen LogP contribution in [0.25, 0.3) is 11.1 Å². The van der Waals surface area contributed by atoms with Gasteiger partial charge in [-0.2, -0.15) is 0 Å². The number of nitrogens with zero attached hydrogens (tertiary/aromatic N) is 3. The number of aromatic nitrogens is 2. The summed E-state index contributed by atoms with van der Waals surface area (Å²) in [7, 11) is 0. The molecule has 3 heterocycles. The fraction of sp³-hybridized carbons (Fsp3) is 0.435. The summed E-state index contributed by atoms with van der Waals surface area (Å²) in [5.41, 5.74) is 3.18. The molecule has 1 aliphatic heterocycles. The van der Waals surface area contributed by atoms with Crippen LogP contribution in [0.3, 0.4) is 0 Å². The van der Waals surface area contributed by atoms with E-state index >= 15 is 0 Å². The third-order valence-electron chi connectivity index (χ3n) is 5.47. The van der Waals surface area contributed by atoms with Crippen LogP contribution >= 0.6 is 0 Å². The van der Waals surface area contributed by atoms with E-state index in [0.29, 0.717) is 25.3 Å². The Morgan fingerprint density at radius 1 is 1.20 bits per heavy atom. The van der Waals surface area contributed by atoms with Crippen LogP contribution in [0.1, 0.15) is 47.6 Å². The smallest absolute Gasteiger partial charge is 0.251 e. The van der Waals surface area contributed by atoms with Gasteiger partial charge in [0, 0.05) is 44.0 Å². The number of benzene rings is 1. The van der Waals surface area contributed by atoms with E-state index in [4.69, 9.17) is 9.15 Å². The molecular weight excluding hydrogens is 380 g/mol. The Balaban J connectivity index is 1.46. The van der Waals surface area contributed by atoms with Crippen molar-refractivity contribution in [3.8, 4) is 0 Å². The van der Waals surface area contributed by atoms with E-state index in [9.17, 15) is 4.79 Å². The summed E-state index contributed by atoms with van der Waals surface area (Å²) in [5.74, 6) is 0.622. The fourth-order valence-electron chi connectivity index (χ4n) is 3.78. The highest BCUT2D eigenvalue weighted by atomic mass is 16.5. The largest absolute Gasteiger partial charge is 0.441 e. The van der Waals surface area contributed by atoms with Gasteiger partial charge in [0.1, 0.15) is 5.52 Å². The molecule has 158 valence electrons. The molecule has 0 radical (unpaired) electrons. The quantitative estimate of drug-likeness (QED) is 0.616. The van der Waals surface area contributed by atoms with Crippen LogP contribution in [0.15, 0.2) is 47.1 Å². The molecule has 1 amide bonds. The second-order valence-electron chi connectivity index (χ2n) is 7.55. The minimum atomic E-state index is -0.109. The first kappa shape index (κ1) is 20.5. The number of oxazole rings is 1. The third kappa shape index (κ3) is 4.86. The Bertz CT molecular complexity index is 967. The van der Waals surface area contributed by atoms with Gasteiger partial charge in [-0.05, 0) is 42.3 Å². The molecule has 3 aromatic rings. The number of ether oxygens (including phenoxy) is 1. The van der Waals surface area contributed by atoms with Crippen LogP contribution in [0.2, 0.25) is 0 Å². The van der Waals surface area contributed by atoms with Crippen molar-refractivity contribution in [3.63, 3.8) is 0 Å². The van der Waals surface area contributed by atoms with Gasteiger partial charge in [0.15, 0.2) is 11.5 Å². The van der Waals surface area contributed by atoms with E-state index in [0.717, 1.165) is 54.9 Å². The summed E-state index contributed by atoms with van der Waals surface area (Å²) >= 11 is 0. The maximum atomic E-state index is 12.9. The average molecular weight is 409 g/mol. The SMILES string of the molecule is CCCCc1nc2cc(C(=O)NCC(c3ccncc3)N3CCOCC3)ccc2o1. The molecule has 1 atom stereocenters. The number of hydrogen-bond acceptors (Lipinski definition) is 6. The molecule has 0 spiro atoms. The second kappa shape index (κ2) is 9.82. The van der Waals surface area contributed by atoms with E-state index < -0.39 is 0 Å². The molecule has 0 bridgehead atoms. The molecular formula is C23H28N4O3. The number of amides is 1. The lowest BCUT2D eigenvalue weighted by Crippen LogP contribution is -2.43.